The van der Waals surface area contributed by atoms with Gasteiger partial charge in [-0.1, -0.05) is 12.1 Å². The van der Waals surface area contributed by atoms with Gasteiger partial charge in [0, 0.05) is 22.3 Å². The van der Waals surface area contributed by atoms with Crippen LogP contribution in [0, 0.1) is 0 Å². The van der Waals surface area contributed by atoms with Gasteiger partial charge in [0.1, 0.15) is 6.33 Å². The van der Waals surface area contributed by atoms with Gasteiger partial charge < -0.3 is 5.32 Å². The molecule has 3 nitrogen and oxygen atoms in total. The molecular weight excluding hydrogens is 266 g/mol. The molecule has 2 heterocycles. The molecule has 82 valence electrons. The van der Waals surface area contributed by atoms with Gasteiger partial charge in [-0.25, -0.2) is 9.97 Å². The van der Waals surface area contributed by atoms with Gasteiger partial charge in [-0.2, -0.15) is 0 Å². The van der Waals surface area contributed by atoms with Crippen LogP contribution in [0.2, 0.25) is 0 Å². The first-order valence-electron chi connectivity index (χ1n) is 5.46. The zero-order valence-electron chi connectivity index (χ0n) is 8.78. The molecule has 2 aromatic rings. The van der Waals surface area contributed by atoms with Crippen LogP contribution < -0.4 is 5.32 Å². The Balaban J connectivity index is 2.20. The van der Waals surface area contributed by atoms with Gasteiger partial charge in [-0.3, -0.25) is 0 Å². The summed E-state index contributed by atoms with van der Waals surface area (Å²) in [6, 6.07) is 6.17. The predicted octanol–water partition coefficient (Wildman–Crippen LogP) is 2.47. The Morgan fingerprint density at radius 2 is 2.25 bits per heavy atom. The maximum Gasteiger partial charge on any atom is 0.116 e. The Bertz CT molecular complexity index is 521. The smallest absolute Gasteiger partial charge is 0.116 e. The Hall–Kier alpha value is -1.00. The fourth-order valence-corrected chi connectivity index (χ4v) is 2.75. The van der Waals surface area contributed by atoms with Crippen LogP contribution in [0.15, 0.2) is 29.0 Å². The van der Waals surface area contributed by atoms with Crippen LogP contribution in [0.1, 0.15) is 18.0 Å². The molecule has 16 heavy (non-hydrogen) atoms. The Morgan fingerprint density at radius 3 is 3.06 bits per heavy atom. The minimum absolute atomic E-state index is 0.528. The number of nitrogens with zero attached hydrogens (tertiary/aromatic N) is 2. The Kier molecular flexibility index (Phi) is 2.61. The van der Waals surface area contributed by atoms with Crippen LogP contribution in [-0.4, -0.2) is 23.1 Å². The van der Waals surface area contributed by atoms with Crippen molar-refractivity contribution < 1.29 is 0 Å². The van der Waals surface area contributed by atoms with Crippen molar-refractivity contribution in [2.45, 2.75) is 12.3 Å². The molecule has 1 aromatic carbocycles. The molecule has 1 N–H and O–H groups in total. The third-order valence-corrected chi connectivity index (χ3v) is 3.73. The van der Waals surface area contributed by atoms with E-state index in [0.717, 1.165) is 23.1 Å². The van der Waals surface area contributed by atoms with Crippen molar-refractivity contribution in [1.29, 1.82) is 0 Å². The molecule has 0 bridgehead atoms. The largest absolute Gasteiger partial charge is 0.316 e. The van der Waals surface area contributed by atoms with Crippen molar-refractivity contribution in [2.24, 2.45) is 0 Å². The highest BCUT2D eigenvalue weighted by Crippen LogP contribution is 2.29. The van der Waals surface area contributed by atoms with Gasteiger partial charge >= 0.3 is 0 Å². The van der Waals surface area contributed by atoms with Crippen molar-refractivity contribution in [2.75, 3.05) is 13.1 Å². The lowest BCUT2D eigenvalue weighted by molar-refractivity contribution is 0.740. The zero-order chi connectivity index (χ0) is 11.0. The molecule has 1 aliphatic heterocycles. The monoisotopic (exact) mass is 277 g/mol. The van der Waals surface area contributed by atoms with Crippen LogP contribution in [0.4, 0.5) is 0 Å². The summed E-state index contributed by atoms with van der Waals surface area (Å²) < 4.78 is 1.04. The predicted molar refractivity (Wildman–Crippen MR) is 67.5 cm³/mol. The molecule has 0 saturated carbocycles. The van der Waals surface area contributed by atoms with Crippen LogP contribution in [0.5, 0.6) is 0 Å². The molecule has 4 heteroatoms. The SMILES string of the molecule is Brc1cccc2c(C3CCNC3)ncnc12. The van der Waals surface area contributed by atoms with Crippen LogP contribution in [0.25, 0.3) is 10.9 Å². The summed E-state index contributed by atoms with van der Waals surface area (Å²) in [7, 11) is 0. The number of fused-ring (bicyclic) bond motifs is 1. The minimum atomic E-state index is 0.528. The van der Waals surface area contributed by atoms with Crippen LogP contribution in [-0.2, 0) is 0 Å². The quantitative estimate of drug-likeness (QED) is 0.870. The van der Waals surface area contributed by atoms with E-state index < -0.39 is 0 Å². The molecule has 1 unspecified atom stereocenters. The number of rotatable bonds is 1. The number of benzene rings is 1. The van der Waals surface area contributed by atoms with Gasteiger partial charge in [-0.05, 0) is 35.0 Å². The number of aromatic nitrogens is 2. The summed E-state index contributed by atoms with van der Waals surface area (Å²) in [6.07, 6.45) is 2.83. The van der Waals surface area contributed by atoms with Gasteiger partial charge in [-0.15, -0.1) is 0 Å². The fourth-order valence-electron chi connectivity index (χ4n) is 2.28. The topological polar surface area (TPSA) is 37.8 Å². The van der Waals surface area contributed by atoms with Gasteiger partial charge in [0.25, 0.3) is 0 Å². The highest BCUT2D eigenvalue weighted by Gasteiger charge is 2.20. The zero-order valence-corrected chi connectivity index (χ0v) is 10.4. The van der Waals surface area contributed by atoms with Gasteiger partial charge in [0.15, 0.2) is 0 Å². The highest BCUT2D eigenvalue weighted by atomic mass is 79.9. The van der Waals surface area contributed by atoms with E-state index in [2.05, 4.69) is 37.3 Å². The maximum absolute atomic E-state index is 4.46. The standard InChI is InChI=1S/C12H12BrN3/c13-10-3-1-2-9-11(8-4-5-14-6-8)15-7-16-12(9)10/h1-3,7-8,14H,4-6H2. The highest BCUT2D eigenvalue weighted by molar-refractivity contribution is 9.10. The Labute approximate surface area is 102 Å². The second-order valence-electron chi connectivity index (χ2n) is 4.08. The van der Waals surface area contributed by atoms with Crippen molar-refractivity contribution in [3.63, 3.8) is 0 Å². The lowest BCUT2D eigenvalue weighted by Gasteiger charge is -2.10. The normalized spacial score (nSPS) is 20.4. The molecule has 0 spiro atoms. The lowest BCUT2D eigenvalue weighted by atomic mass is 10.0. The molecular formula is C12H12BrN3. The van der Waals surface area contributed by atoms with E-state index in [0.29, 0.717) is 5.92 Å². The first-order chi connectivity index (χ1) is 7.86. The minimum Gasteiger partial charge on any atom is -0.316 e. The summed E-state index contributed by atoms with van der Waals surface area (Å²) in [5, 5.41) is 4.55. The first-order valence-corrected chi connectivity index (χ1v) is 6.25. The Morgan fingerprint density at radius 1 is 1.31 bits per heavy atom. The summed E-state index contributed by atoms with van der Waals surface area (Å²) in [6.45, 7) is 2.11. The molecule has 3 rings (SSSR count). The molecule has 1 aromatic heterocycles. The molecule has 1 saturated heterocycles. The molecule has 1 fully saturated rings. The average molecular weight is 278 g/mol. The van der Waals surface area contributed by atoms with Crippen molar-refractivity contribution in [3.8, 4) is 0 Å². The van der Waals surface area contributed by atoms with Crippen molar-refractivity contribution in [3.05, 3.63) is 34.7 Å². The van der Waals surface area contributed by atoms with E-state index in [4.69, 9.17) is 0 Å². The number of halogens is 1. The number of hydrogen-bond donors (Lipinski definition) is 1. The van der Waals surface area contributed by atoms with E-state index in [-0.39, 0.29) is 0 Å². The summed E-state index contributed by atoms with van der Waals surface area (Å²) in [5.41, 5.74) is 2.19. The second-order valence-corrected chi connectivity index (χ2v) is 4.94. The average Bonchev–Trinajstić information content (AvgIpc) is 2.82. The van der Waals surface area contributed by atoms with Crippen molar-refractivity contribution in [1.82, 2.24) is 15.3 Å². The third-order valence-electron chi connectivity index (χ3n) is 3.09. The summed E-state index contributed by atoms with van der Waals surface area (Å²) in [4.78, 5) is 8.79. The van der Waals surface area contributed by atoms with Crippen molar-refractivity contribution >= 4 is 26.8 Å². The van der Waals surface area contributed by atoms with Gasteiger partial charge in [0.05, 0.1) is 11.2 Å². The fraction of sp³-hybridized carbons (Fsp3) is 0.333. The maximum atomic E-state index is 4.46. The summed E-state index contributed by atoms with van der Waals surface area (Å²) in [5.74, 6) is 0.528. The number of hydrogen-bond acceptors (Lipinski definition) is 3. The molecule has 0 amide bonds. The van der Waals surface area contributed by atoms with E-state index in [1.54, 1.807) is 6.33 Å². The van der Waals surface area contributed by atoms with Crippen LogP contribution >= 0.6 is 15.9 Å². The van der Waals surface area contributed by atoms with E-state index in [9.17, 15) is 0 Å². The number of nitrogens with one attached hydrogen (secondary N) is 1. The number of para-hydroxylation sites is 1. The summed E-state index contributed by atoms with van der Waals surface area (Å²) >= 11 is 3.53. The third kappa shape index (κ3) is 1.62. The molecule has 1 atom stereocenters. The molecule has 1 aliphatic rings. The first kappa shape index (κ1) is 10.2. The van der Waals surface area contributed by atoms with Crippen LogP contribution in [0.3, 0.4) is 0 Å². The molecule has 0 radical (unpaired) electrons. The molecule has 0 aliphatic carbocycles. The van der Waals surface area contributed by atoms with E-state index in [1.165, 1.54) is 17.5 Å². The second kappa shape index (κ2) is 4.11. The van der Waals surface area contributed by atoms with Gasteiger partial charge in [0.2, 0.25) is 0 Å². The van der Waals surface area contributed by atoms with E-state index >= 15 is 0 Å². The lowest BCUT2D eigenvalue weighted by Crippen LogP contribution is -2.09. The van der Waals surface area contributed by atoms with E-state index in [1.807, 2.05) is 12.1 Å².